The van der Waals surface area contributed by atoms with Gasteiger partial charge in [0, 0.05) is 30.9 Å². The lowest BCUT2D eigenvalue weighted by molar-refractivity contribution is -0.140. The fraction of sp³-hybridized carbons (Fsp3) is 0.200. The molecule has 2 aromatic heterocycles. The van der Waals surface area contributed by atoms with Gasteiger partial charge >= 0.3 is 11.6 Å². The summed E-state index contributed by atoms with van der Waals surface area (Å²) in [5.74, 6) is -0.941. The van der Waals surface area contributed by atoms with Crippen LogP contribution in [-0.4, -0.2) is 35.4 Å². The Balaban J connectivity index is 1.92. The molecule has 0 aliphatic carbocycles. The van der Waals surface area contributed by atoms with Crippen LogP contribution in [0.25, 0.3) is 11.0 Å². The molecule has 2 heterocycles. The number of pyridine rings is 1. The molecule has 0 saturated carbocycles. The molecule has 7 nitrogen and oxygen atoms in total. The van der Waals surface area contributed by atoms with Crippen molar-refractivity contribution in [1.82, 2.24) is 9.88 Å². The van der Waals surface area contributed by atoms with E-state index in [1.165, 1.54) is 18.1 Å². The third kappa shape index (κ3) is 4.38. The highest BCUT2D eigenvalue weighted by Gasteiger charge is 2.22. The second-order valence-corrected chi connectivity index (χ2v) is 5.89. The normalized spacial score (nSPS) is 10.6. The molecular formula is C20H18N2O5. The summed E-state index contributed by atoms with van der Waals surface area (Å²) in [7, 11) is 1.29. The molecule has 0 bridgehead atoms. The van der Waals surface area contributed by atoms with Crippen LogP contribution in [0, 0.1) is 0 Å². The van der Waals surface area contributed by atoms with E-state index in [4.69, 9.17) is 4.42 Å². The van der Waals surface area contributed by atoms with Gasteiger partial charge in [-0.05, 0) is 29.8 Å². The highest BCUT2D eigenvalue weighted by atomic mass is 16.5. The number of carbonyl (C=O) groups excluding carboxylic acids is 2. The minimum absolute atomic E-state index is 0.0201. The van der Waals surface area contributed by atoms with E-state index in [1.54, 1.807) is 48.8 Å². The first-order valence-electron chi connectivity index (χ1n) is 8.36. The van der Waals surface area contributed by atoms with Crippen molar-refractivity contribution in [3.05, 3.63) is 76.4 Å². The Morgan fingerprint density at radius 2 is 1.89 bits per heavy atom. The molecule has 138 valence electrons. The van der Waals surface area contributed by atoms with Gasteiger partial charge in [-0.25, -0.2) is 4.79 Å². The molecule has 1 aromatic carbocycles. The van der Waals surface area contributed by atoms with Crippen LogP contribution in [0.5, 0.6) is 0 Å². The maximum atomic E-state index is 13.0. The van der Waals surface area contributed by atoms with Crippen molar-refractivity contribution in [1.29, 1.82) is 0 Å². The molecule has 0 unspecified atom stereocenters. The number of hydrogen-bond donors (Lipinski definition) is 0. The van der Waals surface area contributed by atoms with Gasteiger partial charge in [0.1, 0.15) is 11.1 Å². The Morgan fingerprint density at radius 1 is 1.15 bits per heavy atom. The number of aromatic nitrogens is 1. The number of nitrogens with zero attached hydrogens (tertiary/aromatic N) is 2. The van der Waals surface area contributed by atoms with Crippen molar-refractivity contribution in [2.45, 2.75) is 13.0 Å². The number of methoxy groups -OCH3 is 1. The highest BCUT2D eigenvalue weighted by molar-refractivity contribution is 5.96. The quantitative estimate of drug-likeness (QED) is 0.492. The van der Waals surface area contributed by atoms with Gasteiger partial charge in [-0.15, -0.1) is 0 Å². The third-order valence-corrected chi connectivity index (χ3v) is 4.10. The van der Waals surface area contributed by atoms with Crippen LogP contribution in [-0.2, 0) is 16.1 Å². The first-order valence-corrected chi connectivity index (χ1v) is 8.36. The standard InChI is InChI=1S/C20H18N2O5/c1-26-18(23)8-11-22(13-14-6-9-21-10-7-14)19(24)16-12-15-4-2-3-5-17(15)27-20(16)25/h2-7,9-10,12H,8,11,13H2,1H3. The molecular weight excluding hydrogens is 348 g/mol. The van der Waals surface area contributed by atoms with E-state index >= 15 is 0 Å². The van der Waals surface area contributed by atoms with Gasteiger partial charge in [0.05, 0.1) is 13.5 Å². The summed E-state index contributed by atoms with van der Waals surface area (Å²) in [6, 6.07) is 12.0. The van der Waals surface area contributed by atoms with Gasteiger partial charge in [0.15, 0.2) is 0 Å². The first-order chi connectivity index (χ1) is 13.1. The fourth-order valence-electron chi connectivity index (χ4n) is 2.67. The summed E-state index contributed by atoms with van der Waals surface area (Å²) >= 11 is 0. The maximum Gasteiger partial charge on any atom is 0.349 e. The fourth-order valence-corrected chi connectivity index (χ4v) is 2.67. The van der Waals surface area contributed by atoms with Crippen molar-refractivity contribution in [2.24, 2.45) is 0 Å². The first kappa shape index (κ1) is 18.3. The molecule has 7 heteroatoms. The van der Waals surface area contributed by atoms with Gasteiger partial charge in [-0.1, -0.05) is 18.2 Å². The lowest BCUT2D eigenvalue weighted by Crippen LogP contribution is -2.35. The number of fused-ring (bicyclic) bond motifs is 1. The van der Waals surface area contributed by atoms with Crippen LogP contribution in [0.2, 0.25) is 0 Å². The number of hydrogen-bond acceptors (Lipinski definition) is 6. The Kier molecular flexibility index (Phi) is 5.61. The maximum absolute atomic E-state index is 13.0. The van der Waals surface area contributed by atoms with E-state index in [2.05, 4.69) is 9.72 Å². The molecule has 0 spiro atoms. The average molecular weight is 366 g/mol. The van der Waals surface area contributed by atoms with Crippen molar-refractivity contribution < 1.29 is 18.7 Å². The Labute approximate surface area is 155 Å². The van der Waals surface area contributed by atoms with Crippen molar-refractivity contribution in [3.63, 3.8) is 0 Å². The number of ether oxygens (including phenoxy) is 1. The largest absolute Gasteiger partial charge is 0.469 e. The zero-order valence-electron chi connectivity index (χ0n) is 14.8. The van der Waals surface area contributed by atoms with Crippen LogP contribution < -0.4 is 5.63 Å². The van der Waals surface area contributed by atoms with E-state index < -0.39 is 17.5 Å². The minimum atomic E-state index is -0.712. The number of esters is 1. The smallest absolute Gasteiger partial charge is 0.349 e. The van der Waals surface area contributed by atoms with Gasteiger partial charge in [0.25, 0.3) is 5.91 Å². The molecule has 0 atom stereocenters. The molecule has 0 radical (unpaired) electrons. The number of para-hydroxylation sites is 1. The van der Waals surface area contributed by atoms with Crippen molar-refractivity contribution in [3.8, 4) is 0 Å². The number of carbonyl (C=O) groups is 2. The molecule has 3 aromatic rings. The van der Waals surface area contributed by atoms with Crippen LogP contribution in [0.4, 0.5) is 0 Å². The highest BCUT2D eigenvalue weighted by Crippen LogP contribution is 2.15. The summed E-state index contributed by atoms with van der Waals surface area (Å²) in [6.45, 7) is 0.338. The van der Waals surface area contributed by atoms with Crippen LogP contribution in [0.1, 0.15) is 22.3 Å². The summed E-state index contributed by atoms with van der Waals surface area (Å²) in [5.41, 5.74) is 0.451. The van der Waals surface area contributed by atoms with Gasteiger partial charge in [-0.3, -0.25) is 14.6 Å². The van der Waals surface area contributed by atoms with E-state index in [-0.39, 0.29) is 25.1 Å². The van der Waals surface area contributed by atoms with E-state index in [0.717, 1.165) is 5.56 Å². The van der Waals surface area contributed by atoms with Crippen LogP contribution in [0.3, 0.4) is 0 Å². The molecule has 0 aliphatic heterocycles. The molecule has 0 saturated heterocycles. The zero-order valence-corrected chi connectivity index (χ0v) is 14.8. The van der Waals surface area contributed by atoms with E-state index in [9.17, 15) is 14.4 Å². The van der Waals surface area contributed by atoms with Gasteiger partial charge in [0.2, 0.25) is 0 Å². The molecule has 0 aliphatic rings. The Morgan fingerprint density at radius 3 is 2.63 bits per heavy atom. The molecule has 27 heavy (non-hydrogen) atoms. The molecule has 0 N–H and O–H groups in total. The Bertz CT molecular complexity index is 1010. The van der Waals surface area contributed by atoms with Gasteiger partial charge in [-0.2, -0.15) is 0 Å². The average Bonchev–Trinajstić information content (AvgIpc) is 2.70. The topological polar surface area (TPSA) is 89.7 Å². The summed E-state index contributed by atoms with van der Waals surface area (Å²) in [5, 5.41) is 0.650. The van der Waals surface area contributed by atoms with Gasteiger partial charge < -0.3 is 14.1 Å². The van der Waals surface area contributed by atoms with Crippen molar-refractivity contribution in [2.75, 3.05) is 13.7 Å². The lowest BCUT2D eigenvalue weighted by atomic mass is 10.1. The predicted octanol–water partition coefficient (Wildman–Crippen LogP) is 2.39. The second kappa shape index (κ2) is 8.27. The zero-order chi connectivity index (χ0) is 19.2. The number of benzene rings is 1. The van der Waals surface area contributed by atoms with Crippen LogP contribution >= 0.6 is 0 Å². The SMILES string of the molecule is COC(=O)CCN(Cc1ccncc1)C(=O)c1cc2ccccc2oc1=O. The second-order valence-electron chi connectivity index (χ2n) is 5.89. The van der Waals surface area contributed by atoms with Crippen LogP contribution in [0.15, 0.2) is 64.1 Å². The van der Waals surface area contributed by atoms with Crippen molar-refractivity contribution >= 4 is 22.8 Å². The number of amides is 1. The Hall–Kier alpha value is -3.48. The summed E-state index contributed by atoms with van der Waals surface area (Å²) in [6.07, 6.45) is 3.25. The lowest BCUT2D eigenvalue weighted by Gasteiger charge is -2.22. The summed E-state index contributed by atoms with van der Waals surface area (Å²) in [4.78, 5) is 42.2. The third-order valence-electron chi connectivity index (χ3n) is 4.10. The predicted molar refractivity (Wildman–Crippen MR) is 98.1 cm³/mol. The molecule has 1 amide bonds. The number of rotatable bonds is 6. The molecule has 0 fully saturated rings. The summed E-state index contributed by atoms with van der Waals surface area (Å²) < 4.78 is 9.91. The van der Waals surface area contributed by atoms with E-state index in [1.807, 2.05) is 0 Å². The monoisotopic (exact) mass is 366 g/mol. The van der Waals surface area contributed by atoms with E-state index in [0.29, 0.717) is 11.0 Å². The minimum Gasteiger partial charge on any atom is -0.469 e. The molecule has 3 rings (SSSR count).